The number of carbonyl (C=O) groups is 2. The van der Waals surface area contributed by atoms with Crippen LogP contribution in [0.15, 0.2) is 12.1 Å². The van der Waals surface area contributed by atoms with Crippen molar-refractivity contribution in [3.05, 3.63) is 27.8 Å². The largest absolute Gasteiger partial charge is 0.486 e. The van der Waals surface area contributed by atoms with Crippen molar-refractivity contribution in [1.82, 2.24) is 4.90 Å². The van der Waals surface area contributed by atoms with Gasteiger partial charge in [0.05, 0.1) is 17.4 Å². The summed E-state index contributed by atoms with van der Waals surface area (Å²) in [6.45, 7) is 0.503. The molecule has 0 fully saturated rings. The minimum absolute atomic E-state index is 0.0558. The molecule has 22 heavy (non-hydrogen) atoms. The van der Waals surface area contributed by atoms with Gasteiger partial charge in [-0.1, -0.05) is 0 Å². The average Bonchev–Trinajstić information content (AvgIpc) is 2.50. The van der Waals surface area contributed by atoms with Gasteiger partial charge in [-0.3, -0.25) is 19.7 Å². The first kappa shape index (κ1) is 15.5. The van der Waals surface area contributed by atoms with Crippen LogP contribution in [0.2, 0.25) is 0 Å². The van der Waals surface area contributed by atoms with Crippen molar-refractivity contribution in [2.75, 3.05) is 26.8 Å². The summed E-state index contributed by atoms with van der Waals surface area (Å²) in [5.74, 6) is -1.24. The van der Waals surface area contributed by atoms with Crippen LogP contribution in [0.5, 0.6) is 11.5 Å². The third kappa shape index (κ3) is 3.25. The monoisotopic (exact) mass is 310 g/mol. The van der Waals surface area contributed by atoms with Gasteiger partial charge in [0.15, 0.2) is 11.5 Å². The van der Waals surface area contributed by atoms with Gasteiger partial charge in [-0.2, -0.15) is 0 Å². The summed E-state index contributed by atoms with van der Waals surface area (Å²) in [7, 11) is 1.38. The van der Waals surface area contributed by atoms with Crippen LogP contribution in [-0.2, 0) is 4.79 Å². The zero-order valence-electron chi connectivity index (χ0n) is 11.8. The average molecular weight is 310 g/mol. The predicted octanol–water partition coefficient (Wildman–Crippen LogP) is 0.913. The molecular formula is C13H14N2O7. The van der Waals surface area contributed by atoms with Crippen molar-refractivity contribution in [2.24, 2.45) is 0 Å². The number of hydrogen-bond acceptors (Lipinski definition) is 6. The number of nitro groups is 1. The molecule has 2 rings (SSSR count). The summed E-state index contributed by atoms with van der Waals surface area (Å²) in [6, 6.07) is 2.40. The van der Waals surface area contributed by atoms with Crippen LogP contribution in [0.25, 0.3) is 0 Å². The number of benzene rings is 1. The van der Waals surface area contributed by atoms with Crippen LogP contribution in [0.3, 0.4) is 0 Å². The number of aliphatic carboxylic acids is 1. The Balaban J connectivity index is 2.33. The molecule has 1 N–H and O–H groups in total. The zero-order valence-corrected chi connectivity index (χ0v) is 11.8. The molecule has 1 aromatic carbocycles. The number of carbonyl (C=O) groups excluding carboxylic acids is 1. The number of rotatable bonds is 5. The first-order valence-corrected chi connectivity index (χ1v) is 6.45. The fourth-order valence-corrected chi connectivity index (χ4v) is 1.97. The van der Waals surface area contributed by atoms with Gasteiger partial charge in [-0.25, -0.2) is 0 Å². The number of nitro benzene ring substituents is 1. The Bertz CT molecular complexity index is 629. The summed E-state index contributed by atoms with van der Waals surface area (Å²) in [5, 5.41) is 19.8. The number of hydrogen-bond donors (Lipinski definition) is 1. The molecule has 0 saturated carbocycles. The Labute approximate surface area is 125 Å². The molecule has 1 aliphatic rings. The van der Waals surface area contributed by atoms with Crippen molar-refractivity contribution in [1.29, 1.82) is 0 Å². The van der Waals surface area contributed by atoms with Crippen LogP contribution in [0.4, 0.5) is 5.69 Å². The van der Waals surface area contributed by atoms with Gasteiger partial charge in [0.2, 0.25) is 0 Å². The van der Waals surface area contributed by atoms with Crippen molar-refractivity contribution in [3.8, 4) is 11.5 Å². The third-order valence-corrected chi connectivity index (χ3v) is 3.10. The second kappa shape index (κ2) is 6.29. The third-order valence-electron chi connectivity index (χ3n) is 3.10. The van der Waals surface area contributed by atoms with Crippen LogP contribution in [0, 0.1) is 10.1 Å². The van der Waals surface area contributed by atoms with Crippen LogP contribution < -0.4 is 9.47 Å². The van der Waals surface area contributed by atoms with Crippen molar-refractivity contribution in [3.63, 3.8) is 0 Å². The maximum Gasteiger partial charge on any atom is 0.305 e. The van der Waals surface area contributed by atoms with Gasteiger partial charge in [-0.05, 0) is 0 Å². The molecule has 9 heteroatoms. The number of amides is 1. The van der Waals surface area contributed by atoms with Gasteiger partial charge in [0, 0.05) is 19.7 Å². The normalized spacial score (nSPS) is 12.6. The first-order valence-electron chi connectivity index (χ1n) is 6.45. The molecule has 1 heterocycles. The fraction of sp³-hybridized carbons (Fsp3) is 0.385. The van der Waals surface area contributed by atoms with Gasteiger partial charge in [0.25, 0.3) is 11.6 Å². The summed E-state index contributed by atoms with van der Waals surface area (Å²) >= 11 is 0. The molecule has 0 aliphatic carbocycles. The number of nitrogens with zero attached hydrogens (tertiary/aromatic N) is 2. The van der Waals surface area contributed by atoms with E-state index in [1.807, 2.05) is 0 Å². The topological polar surface area (TPSA) is 119 Å². The number of carboxylic acids is 1. The van der Waals surface area contributed by atoms with Gasteiger partial charge in [-0.15, -0.1) is 0 Å². The number of fused-ring (bicyclic) bond motifs is 1. The Hall–Kier alpha value is -2.84. The Kier molecular flexibility index (Phi) is 4.44. The maximum absolute atomic E-state index is 12.3. The van der Waals surface area contributed by atoms with E-state index in [1.54, 1.807) is 0 Å². The summed E-state index contributed by atoms with van der Waals surface area (Å²) in [5.41, 5.74) is -0.571. The molecule has 1 aromatic rings. The van der Waals surface area contributed by atoms with E-state index in [0.717, 1.165) is 11.0 Å². The van der Waals surface area contributed by atoms with Crippen LogP contribution >= 0.6 is 0 Å². The van der Waals surface area contributed by atoms with Crippen LogP contribution in [-0.4, -0.2) is 53.6 Å². The van der Waals surface area contributed by atoms with Crippen molar-refractivity contribution >= 4 is 17.6 Å². The van der Waals surface area contributed by atoms with Gasteiger partial charge >= 0.3 is 5.97 Å². The van der Waals surface area contributed by atoms with E-state index in [9.17, 15) is 19.7 Å². The number of ether oxygens (including phenoxy) is 2. The molecule has 0 bridgehead atoms. The molecule has 0 radical (unpaired) electrons. The lowest BCUT2D eigenvalue weighted by Gasteiger charge is -2.20. The van der Waals surface area contributed by atoms with E-state index in [4.69, 9.17) is 14.6 Å². The van der Waals surface area contributed by atoms with Crippen molar-refractivity contribution < 1.29 is 29.1 Å². The Morgan fingerprint density at radius 3 is 2.45 bits per heavy atom. The molecule has 9 nitrogen and oxygen atoms in total. The number of carboxylic acid groups (broad SMARTS) is 1. The lowest BCUT2D eigenvalue weighted by atomic mass is 10.1. The van der Waals surface area contributed by atoms with Crippen LogP contribution in [0.1, 0.15) is 16.8 Å². The van der Waals surface area contributed by atoms with Gasteiger partial charge < -0.3 is 19.5 Å². The standard InChI is InChI=1S/C13H14N2O7/c1-14(3-2-12(16)17)13(18)8-6-10-11(22-5-4-21-10)7-9(8)15(19)20/h6-7H,2-5H2,1H3,(H,16,17). The zero-order chi connectivity index (χ0) is 16.3. The van der Waals surface area contributed by atoms with E-state index >= 15 is 0 Å². The van der Waals surface area contributed by atoms with E-state index in [-0.39, 0.29) is 43.2 Å². The lowest BCUT2D eigenvalue weighted by Crippen LogP contribution is -2.30. The van der Waals surface area contributed by atoms with E-state index in [1.165, 1.54) is 13.1 Å². The second-order valence-corrected chi connectivity index (χ2v) is 4.64. The minimum Gasteiger partial charge on any atom is -0.486 e. The van der Waals surface area contributed by atoms with Gasteiger partial charge in [0.1, 0.15) is 18.8 Å². The molecule has 0 atom stereocenters. The van der Waals surface area contributed by atoms with Crippen molar-refractivity contribution in [2.45, 2.75) is 6.42 Å². The predicted molar refractivity (Wildman–Crippen MR) is 73.3 cm³/mol. The molecule has 0 saturated heterocycles. The highest BCUT2D eigenvalue weighted by atomic mass is 16.6. The first-order chi connectivity index (χ1) is 10.4. The smallest absolute Gasteiger partial charge is 0.305 e. The highest BCUT2D eigenvalue weighted by Gasteiger charge is 2.28. The lowest BCUT2D eigenvalue weighted by molar-refractivity contribution is -0.385. The summed E-state index contributed by atoms with van der Waals surface area (Å²) in [4.78, 5) is 34.4. The molecular weight excluding hydrogens is 296 g/mol. The quantitative estimate of drug-likeness (QED) is 0.634. The Morgan fingerprint density at radius 2 is 1.91 bits per heavy atom. The fourth-order valence-electron chi connectivity index (χ4n) is 1.97. The summed E-state index contributed by atoms with van der Waals surface area (Å²) in [6.07, 6.45) is -0.249. The highest BCUT2D eigenvalue weighted by molar-refractivity contribution is 5.99. The summed E-state index contributed by atoms with van der Waals surface area (Å²) < 4.78 is 10.6. The second-order valence-electron chi connectivity index (χ2n) is 4.64. The highest BCUT2D eigenvalue weighted by Crippen LogP contribution is 2.36. The molecule has 1 amide bonds. The molecule has 0 aromatic heterocycles. The molecule has 0 spiro atoms. The molecule has 118 valence electrons. The minimum atomic E-state index is -1.06. The Morgan fingerprint density at radius 1 is 1.32 bits per heavy atom. The molecule has 0 unspecified atom stereocenters. The van der Waals surface area contributed by atoms with E-state index < -0.39 is 22.5 Å². The molecule has 1 aliphatic heterocycles. The van der Waals surface area contributed by atoms with E-state index in [2.05, 4.69) is 0 Å². The van der Waals surface area contributed by atoms with E-state index in [0.29, 0.717) is 0 Å². The SMILES string of the molecule is CN(CCC(=O)O)C(=O)c1cc2c(cc1[N+](=O)[O-])OCCO2. The maximum atomic E-state index is 12.3.